The van der Waals surface area contributed by atoms with Gasteiger partial charge in [-0.05, 0) is 36.4 Å². The maximum atomic E-state index is 12.6. The van der Waals surface area contributed by atoms with Gasteiger partial charge in [-0.3, -0.25) is 4.79 Å². The second-order valence-corrected chi connectivity index (χ2v) is 9.79. The van der Waals surface area contributed by atoms with E-state index in [2.05, 4.69) is 4.99 Å². The summed E-state index contributed by atoms with van der Waals surface area (Å²) in [5, 5.41) is 0.435. The molecule has 2 saturated heterocycles. The first kappa shape index (κ1) is 18.1. The molecule has 0 spiro atoms. The summed E-state index contributed by atoms with van der Waals surface area (Å²) in [5.74, 6) is 0.500. The molecule has 8 heteroatoms. The molecule has 0 aliphatic carbocycles. The predicted octanol–water partition coefficient (Wildman–Crippen LogP) is 2.61. The number of amides is 1. The van der Waals surface area contributed by atoms with Crippen LogP contribution in [0.1, 0.15) is 10.4 Å². The average Bonchev–Trinajstić information content (AvgIpc) is 3.13. The zero-order valence-electron chi connectivity index (χ0n) is 14.6. The summed E-state index contributed by atoms with van der Waals surface area (Å²) in [5.41, 5.74) is 1.30. The van der Waals surface area contributed by atoms with Crippen molar-refractivity contribution in [3.8, 4) is 5.75 Å². The standard InChI is InChI=1S/C19H18N2O4S2/c1-25-15-9-7-13(8-10-15)18(22)20-19-21(14-5-3-2-4-6-14)16-11-27(23,24)12-17(16)26-19/h2-10,16-17H,11-12H2,1H3/t16-,17+/m0/s1. The van der Waals surface area contributed by atoms with Gasteiger partial charge in [0.25, 0.3) is 5.91 Å². The predicted molar refractivity (Wildman–Crippen MR) is 108 cm³/mol. The molecule has 0 saturated carbocycles. The number of nitrogens with zero attached hydrogens (tertiary/aromatic N) is 2. The van der Waals surface area contributed by atoms with Crippen LogP contribution >= 0.6 is 11.8 Å². The van der Waals surface area contributed by atoms with Crippen LogP contribution in [0.25, 0.3) is 0 Å². The first-order valence-electron chi connectivity index (χ1n) is 8.45. The summed E-state index contributed by atoms with van der Waals surface area (Å²) < 4.78 is 29.3. The summed E-state index contributed by atoms with van der Waals surface area (Å²) in [6, 6.07) is 16.0. The Morgan fingerprint density at radius 3 is 2.48 bits per heavy atom. The lowest BCUT2D eigenvalue weighted by molar-refractivity contribution is 0.100. The fourth-order valence-corrected chi connectivity index (χ4v) is 7.25. The van der Waals surface area contributed by atoms with Crippen molar-refractivity contribution in [2.75, 3.05) is 23.5 Å². The molecule has 2 aliphatic rings. The maximum absolute atomic E-state index is 12.6. The minimum Gasteiger partial charge on any atom is -0.497 e. The fourth-order valence-electron chi connectivity index (χ4n) is 3.34. The van der Waals surface area contributed by atoms with Gasteiger partial charge in [-0.1, -0.05) is 30.0 Å². The van der Waals surface area contributed by atoms with E-state index < -0.39 is 9.84 Å². The van der Waals surface area contributed by atoms with Gasteiger partial charge in [0.05, 0.1) is 24.7 Å². The number of amidine groups is 1. The number of benzene rings is 2. The van der Waals surface area contributed by atoms with Crippen molar-refractivity contribution in [1.82, 2.24) is 0 Å². The summed E-state index contributed by atoms with van der Waals surface area (Å²) in [7, 11) is -1.51. The number of ether oxygens (including phenoxy) is 1. The van der Waals surface area contributed by atoms with Gasteiger partial charge in [0, 0.05) is 16.5 Å². The number of carbonyl (C=O) groups excluding carboxylic acids is 1. The Kier molecular flexibility index (Phi) is 4.69. The lowest BCUT2D eigenvalue weighted by atomic mass is 10.2. The number of hydrogen-bond donors (Lipinski definition) is 0. The quantitative estimate of drug-likeness (QED) is 0.786. The normalized spacial score (nSPS) is 24.8. The summed E-state index contributed by atoms with van der Waals surface area (Å²) in [4.78, 5) is 18.8. The molecule has 0 radical (unpaired) electrons. The number of hydrogen-bond acceptors (Lipinski definition) is 5. The molecule has 6 nitrogen and oxygen atoms in total. The van der Waals surface area contributed by atoms with Crippen LogP contribution in [-0.4, -0.2) is 49.4 Å². The number of methoxy groups -OCH3 is 1. The largest absolute Gasteiger partial charge is 0.497 e. The van der Waals surface area contributed by atoms with Gasteiger partial charge in [-0.25, -0.2) is 8.42 Å². The minimum atomic E-state index is -3.07. The summed E-state index contributed by atoms with van der Waals surface area (Å²) in [6.07, 6.45) is 0. The van der Waals surface area contributed by atoms with Crippen LogP contribution in [0.15, 0.2) is 59.6 Å². The highest BCUT2D eigenvalue weighted by Gasteiger charge is 2.49. The van der Waals surface area contributed by atoms with Crippen LogP contribution < -0.4 is 9.64 Å². The van der Waals surface area contributed by atoms with Gasteiger partial charge >= 0.3 is 0 Å². The SMILES string of the molecule is COc1ccc(C(=O)N=C2S[C@@H]3CS(=O)(=O)C[C@@H]3N2c2ccccc2)cc1. The first-order valence-corrected chi connectivity index (χ1v) is 11.2. The Balaban J connectivity index is 1.68. The van der Waals surface area contributed by atoms with Crippen LogP contribution in [0.4, 0.5) is 5.69 Å². The zero-order valence-corrected chi connectivity index (χ0v) is 16.2. The van der Waals surface area contributed by atoms with Gasteiger partial charge in [0.15, 0.2) is 15.0 Å². The van der Waals surface area contributed by atoms with E-state index in [1.165, 1.54) is 11.8 Å². The van der Waals surface area contributed by atoms with E-state index in [0.717, 1.165) is 5.69 Å². The molecule has 140 valence electrons. The molecule has 1 amide bonds. The Hall–Kier alpha value is -2.32. The minimum absolute atomic E-state index is 0.0787. The van der Waals surface area contributed by atoms with Crippen molar-refractivity contribution in [2.45, 2.75) is 11.3 Å². The van der Waals surface area contributed by atoms with Gasteiger partial charge in [0.2, 0.25) is 0 Å². The Morgan fingerprint density at radius 1 is 1.11 bits per heavy atom. The molecule has 2 fully saturated rings. The molecule has 0 N–H and O–H groups in total. The summed E-state index contributed by atoms with van der Waals surface area (Å²) >= 11 is 1.37. The summed E-state index contributed by atoms with van der Waals surface area (Å²) in [6.45, 7) is 0. The van der Waals surface area contributed by atoms with Gasteiger partial charge in [-0.15, -0.1) is 0 Å². The zero-order chi connectivity index (χ0) is 19.0. The molecule has 0 bridgehead atoms. The topological polar surface area (TPSA) is 76.0 Å². The lowest BCUT2D eigenvalue weighted by Crippen LogP contribution is -2.37. The van der Waals surface area contributed by atoms with Crippen LogP contribution in [0.5, 0.6) is 5.75 Å². The molecule has 27 heavy (non-hydrogen) atoms. The van der Waals surface area contributed by atoms with Crippen molar-refractivity contribution < 1.29 is 17.9 Å². The number of anilines is 1. The third-order valence-corrected chi connectivity index (χ3v) is 7.84. The van der Waals surface area contributed by atoms with Crippen LogP contribution in [-0.2, 0) is 9.84 Å². The Labute approximate surface area is 162 Å². The third-order valence-electron chi connectivity index (χ3n) is 4.64. The van der Waals surface area contributed by atoms with Gasteiger partial charge in [0.1, 0.15) is 5.75 Å². The number of aliphatic imine (C=N–C) groups is 1. The molecule has 2 atom stereocenters. The van der Waals surface area contributed by atoms with Crippen molar-refractivity contribution in [2.24, 2.45) is 4.99 Å². The molecule has 2 aromatic rings. The molecule has 4 rings (SSSR count). The number of carbonyl (C=O) groups is 1. The molecule has 0 unspecified atom stereocenters. The second kappa shape index (κ2) is 7.01. The number of sulfone groups is 1. The molecule has 2 heterocycles. The Morgan fingerprint density at radius 2 is 1.81 bits per heavy atom. The van der Waals surface area contributed by atoms with Crippen LogP contribution in [0, 0.1) is 0 Å². The van der Waals surface area contributed by atoms with Gasteiger partial charge < -0.3 is 9.64 Å². The van der Waals surface area contributed by atoms with E-state index in [-0.39, 0.29) is 28.7 Å². The molecule has 0 aromatic heterocycles. The average molecular weight is 402 g/mol. The lowest BCUT2D eigenvalue weighted by Gasteiger charge is -2.24. The van der Waals surface area contributed by atoms with Crippen molar-refractivity contribution in [1.29, 1.82) is 0 Å². The highest BCUT2D eigenvalue weighted by atomic mass is 32.2. The molecular formula is C19H18N2O4S2. The van der Waals surface area contributed by atoms with E-state index in [4.69, 9.17) is 4.74 Å². The number of para-hydroxylation sites is 1. The van der Waals surface area contributed by atoms with E-state index in [9.17, 15) is 13.2 Å². The van der Waals surface area contributed by atoms with Crippen LogP contribution in [0.3, 0.4) is 0 Å². The highest BCUT2D eigenvalue weighted by Crippen LogP contribution is 2.40. The monoisotopic (exact) mass is 402 g/mol. The smallest absolute Gasteiger partial charge is 0.279 e. The molecule has 2 aliphatic heterocycles. The molecule has 2 aromatic carbocycles. The van der Waals surface area contributed by atoms with E-state index in [1.807, 2.05) is 35.2 Å². The highest BCUT2D eigenvalue weighted by molar-refractivity contribution is 8.16. The van der Waals surface area contributed by atoms with Crippen molar-refractivity contribution in [3.63, 3.8) is 0 Å². The molecular weight excluding hydrogens is 384 g/mol. The van der Waals surface area contributed by atoms with E-state index in [1.54, 1.807) is 31.4 Å². The van der Waals surface area contributed by atoms with Gasteiger partial charge in [-0.2, -0.15) is 4.99 Å². The third kappa shape index (κ3) is 3.59. The maximum Gasteiger partial charge on any atom is 0.279 e. The number of rotatable bonds is 3. The van der Waals surface area contributed by atoms with E-state index in [0.29, 0.717) is 16.5 Å². The van der Waals surface area contributed by atoms with Crippen molar-refractivity contribution in [3.05, 3.63) is 60.2 Å². The number of thioether (sulfide) groups is 1. The van der Waals surface area contributed by atoms with Crippen LogP contribution in [0.2, 0.25) is 0 Å². The Bertz CT molecular complexity index is 988. The fraction of sp³-hybridized carbons (Fsp3) is 0.263. The number of fused-ring (bicyclic) bond motifs is 1. The first-order chi connectivity index (χ1) is 13.0. The van der Waals surface area contributed by atoms with Crippen molar-refractivity contribution >= 4 is 38.4 Å². The van der Waals surface area contributed by atoms with E-state index >= 15 is 0 Å². The second-order valence-electron chi connectivity index (χ2n) is 6.43.